The number of benzene rings is 2. The van der Waals surface area contributed by atoms with E-state index in [9.17, 15) is 14.9 Å². The van der Waals surface area contributed by atoms with Crippen LogP contribution in [0.4, 0.5) is 17.1 Å². The number of rotatable bonds is 4. The zero-order valence-electron chi connectivity index (χ0n) is 14.4. The van der Waals surface area contributed by atoms with Crippen molar-refractivity contribution in [3.63, 3.8) is 0 Å². The number of nitro groups is 1. The Morgan fingerprint density at radius 1 is 1.19 bits per heavy atom. The molecule has 1 aliphatic rings. The molecule has 7 heteroatoms. The summed E-state index contributed by atoms with van der Waals surface area (Å²) in [6.07, 6.45) is 1.46. The Morgan fingerprint density at radius 3 is 2.46 bits per heavy atom. The predicted octanol–water partition coefficient (Wildman–Crippen LogP) is 4.41. The number of anilines is 2. The molecular weight excluding hydrogens is 354 g/mol. The van der Waals surface area contributed by atoms with Gasteiger partial charge in [0.2, 0.25) is 5.91 Å². The van der Waals surface area contributed by atoms with Crippen molar-refractivity contribution in [3.05, 3.63) is 63.2 Å². The van der Waals surface area contributed by atoms with Crippen molar-refractivity contribution < 1.29 is 9.72 Å². The van der Waals surface area contributed by atoms with Crippen molar-refractivity contribution in [2.75, 3.05) is 23.3 Å². The molecule has 0 bridgehead atoms. The molecular formula is C19H20ClN3O3. The molecule has 1 heterocycles. The second-order valence-corrected chi connectivity index (χ2v) is 6.91. The largest absolute Gasteiger partial charge is 0.371 e. The van der Waals surface area contributed by atoms with Gasteiger partial charge in [-0.2, -0.15) is 0 Å². The fourth-order valence-electron chi connectivity index (χ4n) is 3.11. The van der Waals surface area contributed by atoms with E-state index in [1.54, 1.807) is 0 Å². The van der Waals surface area contributed by atoms with Crippen LogP contribution in [0.25, 0.3) is 0 Å². The fourth-order valence-corrected chi connectivity index (χ4v) is 3.28. The summed E-state index contributed by atoms with van der Waals surface area (Å²) in [5.74, 6) is -0.275. The summed E-state index contributed by atoms with van der Waals surface area (Å²) >= 11 is 6.05. The maximum Gasteiger partial charge on any atom is 0.271 e. The number of piperidine rings is 1. The Kier molecular flexibility index (Phi) is 5.42. The molecule has 0 unspecified atom stereocenters. The summed E-state index contributed by atoms with van der Waals surface area (Å²) in [5, 5.41) is 13.9. The maximum atomic E-state index is 12.5. The number of aryl methyl sites for hydroxylation is 1. The van der Waals surface area contributed by atoms with Crippen LogP contribution in [0.15, 0.2) is 42.5 Å². The Balaban J connectivity index is 1.61. The van der Waals surface area contributed by atoms with Gasteiger partial charge in [-0.05, 0) is 38.0 Å². The molecule has 1 amide bonds. The zero-order chi connectivity index (χ0) is 18.7. The lowest BCUT2D eigenvalue weighted by atomic mass is 9.95. The molecule has 0 radical (unpaired) electrons. The molecule has 26 heavy (non-hydrogen) atoms. The molecule has 1 N–H and O–H groups in total. The maximum absolute atomic E-state index is 12.5. The van der Waals surface area contributed by atoms with Gasteiger partial charge in [-0.3, -0.25) is 14.9 Å². The Labute approximate surface area is 156 Å². The van der Waals surface area contributed by atoms with Gasteiger partial charge in [-0.15, -0.1) is 0 Å². The van der Waals surface area contributed by atoms with Crippen molar-refractivity contribution >= 4 is 34.6 Å². The number of nitro benzene ring substituents is 1. The van der Waals surface area contributed by atoms with Crippen molar-refractivity contribution in [1.82, 2.24) is 0 Å². The number of carbonyl (C=O) groups is 1. The van der Waals surface area contributed by atoms with Gasteiger partial charge < -0.3 is 10.2 Å². The van der Waals surface area contributed by atoms with Crippen molar-refractivity contribution in [2.24, 2.45) is 5.92 Å². The predicted molar refractivity (Wildman–Crippen MR) is 103 cm³/mol. The lowest BCUT2D eigenvalue weighted by Gasteiger charge is -2.33. The summed E-state index contributed by atoms with van der Waals surface area (Å²) in [7, 11) is 0. The number of carbonyl (C=O) groups excluding carboxylic acids is 1. The second-order valence-electron chi connectivity index (χ2n) is 6.51. The molecule has 2 aromatic carbocycles. The summed E-state index contributed by atoms with van der Waals surface area (Å²) in [4.78, 5) is 25.2. The highest BCUT2D eigenvalue weighted by Gasteiger charge is 2.26. The zero-order valence-corrected chi connectivity index (χ0v) is 15.2. The Hall–Kier alpha value is -2.60. The summed E-state index contributed by atoms with van der Waals surface area (Å²) < 4.78 is 0. The molecule has 1 fully saturated rings. The normalized spacial score (nSPS) is 14.9. The van der Waals surface area contributed by atoms with Crippen LogP contribution < -0.4 is 10.2 Å². The van der Waals surface area contributed by atoms with E-state index in [0.29, 0.717) is 5.02 Å². The van der Waals surface area contributed by atoms with Gasteiger partial charge in [0.05, 0.1) is 15.6 Å². The monoisotopic (exact) mass is 373 g/mol. The second kappa shape index (κ2) is 7.74. The first-order chi connectivity index (χ1) is 12.4. The number of halogens is 1. The highest BCUT2D eigenvalue weighted by molar-refractivity contribution is 6.33. The first kappa shape index (κ1) is 18.2. The first-order valence-corrected chi connectivity index (χ1v) is 8.88. The van der Waals surface area contributed by atoms with E-state index in [1.165, 1.54) is 23.8 Å². The number of non-ortho nitro benzene ring substituents is 1. The molecule has 1 saturated heterocycles. The third kappa shape index (κ3) is 4.14. The van der Waals surface area contributed by atoms with E-state index in [-0.39, 0.29) is 23.2 Å². The summed E-state index contributed by atoms with van der Waals surface area (Å²) in [6.45, 7) is 3.65. The summed E-state index contributed by atoms with van der Waals surface area (Å²) in [5.41, 5.74) is 2.57. The summed E-state index contributed by atoms with van der Waals surface area (Å²) in [6, 6.07) is 12.4. The number of hydrogen-bond acceptors (Lipinski definition) is 4. The molecule has 6 nitrogen and oxygen atoms in total. The van der Waals surface area contributed by atoms with Crippen LogP contribution in [0.5, 0.6) is 0 Å². The van der Waals surface area contributed by atoms with Crippen LogP contribution in [0.2, 0.25) is 5.02 Å². The van der Waals surface area contributed by atoms with Crippen molar-refractivity contribution in [3.8, 4) is 0 Å². The van der Waals surface area contributed by atoms with Crippen LogP contribution in [-0.4, -0.2) is 23.9 Å². The van der Waals surface area contributed by atoms with Crippen LogP contribution >= 0.6 is 11.6 Å². The highest BCUT2D eigenvalue weighted by Crippen LogP contribution is 2.29. The molecule has 136 valence electrons. The first-order valence-electron chi connectivity index (χ1n) is 8.50. The number of hydrogen-bond donors (Lipinski definition) is 1. The van der Waals surface area contributed by atoms with Gasteiger partial charge in [-0.1, -0.05) is 29.3 Å². The SMILES string of the molecule is Cc1ccc(N2CCC(C(=O)Nc3cc([N+](=O)[O-])ccc3Cl)CC2)cc1. The van der Waals surface area contributed by atoms with Crippen LogP contribution in [0.3, 0.4) is 0 Å². The number of nitrogens with one attached hydrogen (secondary N) is 1. The van der Waals surface area contributed by atoms with E-state index in [1.807, 2.05) is 0 Å². The minimum Gasteiger partial charge on any atom is -0.371 e. The third-order valence-electron chi connectivity index (χ3n) is 4.68. The average Bonchev–Trinajstić information content (AvgIpc) is 2.64. The topological polar surface area (TPSA) is 75.5 Å². The van der Waals surface area contributed by atoms with Crippen LogP contribution in [0.1, 0.15) is 18.4 Å². The van der Waals surface area contributed by atoms with E-state index in [2.05, 4.69) is 41.4 Å². The lowest BCUT2D eigenvalue weighted by molar-refractivity contribution is -0.384. The van der Waals surface area contributed by atoms with Gasteiger partial charge in [0.25, 0.3) is 5.69 Å². The molecule has 2 aromatic rings. The average molecular weight is 374 g/mol. The molecule has 0 aliphatic carbocycles. The quantitative estimate of drug-likeness (QED) is 0.636. The van der Waals surface area contributed by atoms with Crippen LogP contribution in [0, 0.1) is 23.0 Å². The van der Waals surface area contributed by atoms with E-state index in [4.69, 9.17) is 11.6 Å². The Bertz CT molecular complexity index is 815. The minimum absolute atomic E-state index is 0.0982. The Morgan fingerprint density at radius 2 is 1.85 bits per heavy atom. The van der Waals surface area contributed by atoms with Gasteiger partial charge in [0, 0.05) is 36.8 Å². The van der Waals surface area contributed by atoms with Crippen molar-refractivity contribution in [1.29, 1.82) is 0 Å². The molecule has 0 aromatic heterocycles. The van der Waals surface area contributed by atoms with Gasteiger partial charge in [0.1, 0.15) is 0 Å². The molecule has 1 aliphatic heterocycles. The molecule has 3 rings (SSSR count). The molecule has 0 atom stereocenters. The van der Waals surface area contributed by atoms with Gasteiger partial charge in [0.15, 0.2) is 0 Å². The highest BCUT2D eigenvalue weighted by atomic mass is 35.5. The number of nitrogens with zero attached hydrogens (tertiary/aromatic N) is 2. The lowest BCUT2D eigenvalue weighted by Crippen LogP contribution is -2.38. The van der Waals surface area contributed by atoms with Gasteiger partial charge in [-0.25, -0.2) is 0 Å². The molecule has 0 spiro atoms. The minimum atomic E-state index is -0.508. The van der Waals surface area contributed by atoms with Crippen molar-refractivity contribution in [2.45, 2.75) is 19.8 Å². The van der Waals surface area contributed by atoms with E-state index in [0.717, 1.165) is 31.6 Å². The molecule has 0 saturated carbocycles. The fraction of sp³-hybridized carbons (Fsp3) is 0.316. The standard InChI is InChI=1S/C19H20ClN3O3/c1-13-2-4-15(5-3-13)22-10-8-14(9-11-22)19(24)21-18-12-16(23(25)26)6-7-17(18)20/h2-7,12,14H,8-11H2,1H3,(H,21,24). The van der Waals surface area contributed by atoms with E-state index >= 15 is 0 Å². The smallest absolute Gasteiger partial charge is 0.271 e. The van der Waals surface area contributed by atoms with Gasteiger partial charge >= 0.3 is 0 Å². The van der Waals surface area contributed by atoms with E-state index < -0.39 is 4.92 Å². The third-order valence-corrected chi connectivity index (χ3v) is 5.01. The van der Waals surface area contributed by atoms with Crippen LogP contribution in [-0.2, 0) is 4.79 Å². The number of amides is 1.